The van der Waals surface area contributed by atoms with Gasteiger partial charge in [-0.3, -0.25) is 9.78 Å². The number of anilines is 2. The van der Waals surface area contributed by atoms with Crippen molar-refractivity contribution < 1.29 is 4.79 Å². The lowest BCUT2D eigenvalue weighted by atomic mass is 10.2. The molecule has 0 unspecified atom stereocenters. The minimum atomic E-state index is -0.153. The summed E-state index contributed by atoms with van der Waals surface area (Å²) in [6.07, 6.45) is 5.03. The second kappa shape index (κ2) is 8.10. The van der Waals surface area contributed by atoms with E-state index in [0.29, 0.717) is 29.2 Å². The van der Waals surface area contributed by atoms with Crippen molar-refractivity contribution in [3.8, 4) is 11.4 Å². The first-order valence-corrected chi connectivity index (χ1v) is 9.96. The molecule has 9 heteroatoms. The predicted octanol–water partition coefficient (Wildman–Crippen LogP) is 3.62. The lowest BCUT2D eigenvalue weighted by Crippen LogP contribution is -2.22. The van der Waals surface area contributed by atoms with Crippen LogP contribution in [0.25, 0.3) is 22.4 Å². The van der Waals surface area contributed by atoms with E-state index in [1.807, 2.05) is 13.0 Å². The summed E-state index contributed by atoms with van der Waals surface area (Å²) in [5.74, 6) is 2.59. The lowest BCUT2D eigenvalue weighted by Gasteiger charge is -2.12. The molecule has 0 aliphatic rings. The molecule has 1 amide bonds. The molecule has 0 spiro atoms. The smallest absolute Gasteiger partial charge is 0.271 e. The maximum atomic E-state index is 12.0. The summed E-state index contributed by atoms with van der Waals surface area (Å²) in [6.45, 7) is 6.25. The molecule has 0 saturated carbocycles. The Bertz CT molecular complexity index is 1240. The van der Waals surface area contributed by atoms with Gasteiger partial charge in [0.1, 0.15) is 28.7 Å². The molecular weight excluding hydrogens is 392 g/mol. The zero-order chi connectivity index (χ0) is 22.1. The second-order valence-corrected chi connectivity index (χ2v) is 7.70. The van der Waals surface area contributed by atoms with Crippen LogP contribution < -0.4 is 5.32 Å². The molecule has 0 atom stereocenters. The highest BCUT2D eigenvalue weighted by atomic mass is 16.2. The largest absolute Gasteiger partial charge is 0.343 e. The Kier molecular flexibility index (Phi) is 5.33. The van der Waals surface area contributed by atoms with Crippen LogP contribution in [0.3, 0.4) is 0 Å². The van der Waals surface area contributed by atoms with Crippen molar-refractivity contribution >= 4 is 28.6 Å². The fourth-order valence-electron chi connectivity index (χ4n) is 3.42. The number of aromatic nitrogens is 6. The van der Waals surface area contributed by atoms with E-state index in [9.17, 15) is 4.79 Å². The molecule has 0 aliphatic heterocycles. The zero-order valence-electron chi connectivity index (χ0n) is 18.2. The van der Waals surface area contributed by atoms with Crippen LogP contribution >= 0.6 is 0 Å². The SMILES string of the molecule is Cc1nc2cnc(Nc3ccnc(-c4ccc(C(=O)N(C)C)nc4)n3)cc2n1C(C)C. The molecule has 4 aromatic heterocycles. The van der Waals surface area contributed by atoms with E-state index in [0.717, 1.165) is 22.4 Å². The van der Waals surface area contributed by atoms with Gasteiger partial charge in [0, 0.05) is 44.2 Å². The number of nitrogens with zero attached hydrogens (tertiary/aromatic N) is 7. The van der Waals surface area contributed by atoms with Crippen LogP contribution in [0.5, 0.6) is 0 Å². The number of hydrogen-bond acceptors (Lipinski definition) is 7. The molecule has 158 valence electrons. The van der Waals surface area contributed by atoms with Gasteiger partial charge < -0.3 is 14.8 Å². The highest BCUT2D eigenvalue weighted by Crippen LogP contribution is 2.24. The number of fused-ring (bicyclic) bond motifs is 1. The van der Waals surface area contributed by atoms with Crippen LogP contribution in [0, 0.1) is 6.92 Å². The van der Waals surface area contributed by atoms with E-state index in [1.165, 1.54) is 4.90 Å². The molecule has 0 aromatic carbocycles. The Morgan fingerprint density at radius 2 is 1.84 bits per heavy atom. The maximum Gasteiger partial charge on any atom is 0.271 e. The molecule has 4 rings (SSSR count). The number of carbonyl (C=O) groups excluding carboxylic acids is 1. The van der Waals surface area contributed by atoms with Crippen molar-refractivity contribution in [1.29, 1.82) is 0 Å². The predicted molar refractivity (Wildman–Crippen MR) is 119 cm³/mol. The van der Waals surface area contributed by atoms with E-state index in [4.69, 9.17) is 0 Å². The molecule has 0 saturated heterocycles. The number of nitrogens with one attached hydrogen (secondary N) is 1. The molecular formula is C22H24N8O. The molecule has 31 heavy (non-hydrogen) atoms. The van der Waals surface area contributed by atoms with Gasteiger partial charge in [-0.2, -0.15) is 0 Å². The van der Waals surface area contributed by atoms with Gasteiger partial charge in [-0.1, -0.05) is 0 Å². The number of hydrogen-bond donors (Lipinski definition) is 1. The van der Waals surface area contributed by atoms with Crippen LogP contribution in [0.15, 0.2) is 42.9 Å². The Hall–Kier alpha value is -3.88. The number of aryl methyl sites for hydroxylation is 1. The van der Waals surface area contributed by atoms with Crippen molar-refractivity contribution in [2.75, 3.05) is 19.4 Å². The minimum Gasteiger partial charge on any atom is -0.343 e. The van der Waals surface area contributed by atoms with Crippen molar-refractivity contribution in [2.24, 2.45) is 0 Å². The lowest BCUT2D eigenvalue weighted by molar-refractivity contribution is 0.0822. The van der Waals surface area contributed by atoms with Gasteiger partial charge in [0.25, 0.3) is 5.91 Å². The van der Waals surface area contributed by atoms with Crippen LogP contribution in [-0.4, -0.2) is 54.4 Å². The first-order valence-electron chi connectivity index (χ1n) is 9.96. The minimum absolute atomic E-state index is 0.153. The number of carbonyl (C=O) groups is 1. The van der Waals surface area contributed by atoms with Gasteiger partial charge in [-0.15, -0.1) is 0 Å². The summed E-state index contributed by atoms with van der Waals surface area (Å²) in [6, 6.07) is 7.50. The molecule has 4 heterocycles. The van der Waals surface area contributed by atoms with Crippen LogP contribution in [0.1, 0.15) is 36.2 Å². The Labute approximate surface area is 180 Å². The third-order valence-electron chi connectivity index (χ3n) is 4.83. The summed E-state index contributed by atoms with van der Waals surface area (Å²) in [5.41, 5.74) is 2.97. The fourth-order valence-corrected chi connectivity index (χ4v) is 3.42. The summed E-state index contributed by atoms with van der Waals surface area (Å²) in [7, 11) is 3.38. The number of amides is 1. The number of pyridine rings is 2. The van der Waals surface area contributed by atoms with Crippen molar-refractivity contribution in [3.05, 3.63) is 54.4 Å². The van der Waals surface area contributed by atoms with Crippen molar-refractivity contribution in [3.63, 3.8) is 0 Å². The summed E-state index contributed by atoms with van der Waals surface area (Å²) < 4.78 is 2.18. The first-order chi connectivity index (χ1) is 14.8. The third kappa shape index (κ3) is 4.07. The maximum absolute atomic E-state index is 12.0. The normalized spacial score (nSPS) is 11.2. The third-order valence-corrected chi connectivity index (χ3v) is 4.83. The van der Waals surface area contributed by atoms with Gasteiger partial charge in [-0.25, -0.2) is 19.9 Å². The molecule has 0 fully saturated rings. The van der Waals surface area contributed by atoms with Gasteiger partial charge in [0.05, 0.1) is 11.7 Å². The highest BCUT2D eigenvalue weighted by molar-refractivity contribution is 5.92. The van der Waals surface area contributed by atoms with Crippen LogP contribution in [0.2, 0.25) is 0 Å². The Balaban J connectivity index is 1.60. The summed E-state index contributed by atoms with van der Waals surface area (Å²) in [4.78, 5) is 35.7. The molecule has 1 N–H and O–H groups in total. The number of rotatable bonds is 5. The van der Waals surface area contributed by atoms with Crippen molar-refractivity contribution in [1.82, 2.24) is 34.4 Å². The van der Waals surface area contributed by atoms with E-state index in [2.05, 4.69) is 48.7 Å². The monoisotopic (exact) mass is 416 g/mol. The van der Waals surface area contributed by atoms with Gasteiger partial charge in [0.15, 0.2) is 5.82 Å². The van der Waals surface area contributed by atoms with E-state index in [-0.39, 0.29) is 5.91 Å². The fraction of sp³-hybridized carbons (Fsp3) is 0.273. The molecule has 0 aliphatic carbocycles. The standard InChI is InChI=1S/C22H24N8O/c1-13(2)30-14(3)26-17-12-25-20(10-18(17)30)27-19-8-9-23-21(28-19)15-6-7-16(24-11-15)22(31)29(4)5/h6-13H,1-5H3,(H,23,25,27,28). The van der Waals surface area contributed by atoms with E-state index >= 15 is 0 Å². The van der Waals surface area contributed by atoms with Gasteiger partial charge in [0.2, 0.25) is 0 Å². The topological polar surface area (TPSA) is 102 Å². The molecule has 0 radical (unpaired) electrons. The molecule has 9 nitrogen and oxygen atoms in total. The number of imidazole rings is 1. The average Bonchev–Trinajstić information content (AvgIpc) is 3.08. The first kappa shape index (κ1) is 20.4. The van der Waals surface area contributed by atoms with E-state index in [1.54, 1.807) is 50.9 Å². The van der Waals surface area contributed by atoms with Crippen LogP contribution in [-0.2, 0) is 0 Å². The summed E-state index contributed by atoms with van der Waals surface area (Å²) >= 11 is 0. The van der Waals surface area contributed by atoms with Gasteiger partial charge >= 0.3 is 0 Å². The van der Waals surface area contributed by atoms with Crippen LogP contribution in [0.4, 0.5) is 11.6 Å². The highest BCUT2D eigenvalue weighted by Gasteiger charge is 2.13. The van der Waals surface area contributed by atoms with Crippen molar-refractivity contribution in [2.45, 2.75) is 26.8 Å². The van der Waals surface area contributed by atoms with Gasteiger partial charge in [-0.05, 0) is 39.0 Å². The molecule has 4 aromatic rings. The zero-order valence-corrected chi connectivity index (χ0v) is 18.2. The Morgan fingerprint density at radius 3 is 2.52 bits per heavy atom. The quantitative estimate of drug-likeness (QED) is 0.530. The van der Waals surface area contributed by atoms with E-state index < -0.39 is 0 Å². The average molecular weight is 416 g/mol. The molecule has 0 bridgehead atoms. The summed E-state index contributed by atoms with van der Waals surface area (Å²) in [5, 5.41) is 3.24. The Morgan fingerprint density at radius 1 is 1.03 bits per heavy atom. The second-order valence-electron chi connectivity index (χ2n) is 7.70.